The van der Waals surface area contributed by atoms with Gasteiger partial charge in [0.1, 0.15) is 0 Å². The van der Waals surface area contributed by atoms with Gasteiger partial charge in [-0.3, -0.25) is 0 Å². The van der Waals surface area contributed by atoms with Gasteiger partial charge in [0.05, 0.1) is 5.75 Å². The molecule has 0 atom stereocenters. The molecule has 0 aromatic carbocycles. The molecule has 0 aromatic heterocycles. The van der Waals surface area contributed by atoms with Crippen molar-refractivity contribution < 1.29 is 8.42 Å². The summed E-state index contributed by atoms with van der Waals surface area (Å²) in [6.07, 6.45) is 7.39. The summed E-state index contributed by atoms with van der Waals surface area (Å²) >= 11 is 0. The number of hydrogen-bond donors (Lipinski definition) is 0. The highest BCUT2D eigenvalue weighted by Crippen LogP contribution is 2.24. The lowest BCUT2D eigenvalue weighted by molar-refractivity contribution is 0.234. The average molecular weight is 268 g/mol. The van der Waals surface area contributed by atoms with Crippen LogP contribution in [0.15, 0.2) is 0 Å². The van der Waals surface area contributed by atoms with Crippen molar-refractivity contribution >= 4 is 19.7 Å². The summed E-state index contributed by atoms with van der Waals surface area (Å²) < 4.78 is 21.5. The number of rotatable bonds is 6. The lowest BCUT2D eigenvalue weighted by Gasteiger charge is -2.26. The molecule has 0 aromatic rings. The number of nitrogens with zero attached hydrogens (tertiary/aromatic N) is 1. The van der Waals surface area contributed by atoms with E-state index in [-0.39, 0.29) is 5.75 Å². The van der Waals surface area contributed by atoms with Gasteiger partial charge in [0.15, 0.2) is 0 Å². The van der Waals surface area contributed by atoms with Crippen molar-refractivity contribution in [1.82, 2.24) is 4.90 Å². The fourth-order valence-electron chi connectivity index (χ4n) is 2.41. The van der Waals surface area contributed by atoms with E-state index in [4.69, 9.17) is 10.7 Å². The quantitative estimate of drug-likeness (QED) is 0.694. The van der Waals surface area contributed by atoms with Gasteiger partial charge in [-0.1, -0.05) is 19.3 Å². The predicted octanol–water partition coefficient (Wildman–Crippen LogP) is 2.46. The smallest absolute Gasteiger partial charge is 0.232 e. The molecule has 16 heavy (non-hydrogen) atoms. The zero-order valence-corrected chi connectivity index (χ0v) is 11.6. The van der Waals surface area contributed by atoms with E-state index in [1.807, 2.05) is 0 Å². The molecular weight excluding hydrogens is 246 g/mol. The van der Waals surface area contributed by atoms with Crippen LogP contribution < -0.4 is 0 Å². The predicted molar refractivity (Wildman–Crippen MR) is 68.3 cm³/mol. The van der Waals surface area contributed by atoms with Crippen LogP contribution in [-0.2, 0) is 9.05 Å². The van der Waals surface area contributed by atoms with Crippen molar-refractivity contribution in [3.63, 3.8) is 0 Å². The highest BCUT2D eigenvalue weighted by Gasteiger charge is 2.15. The molecule has 0 saturated heterocycles. The Morgan fingerprint density at radius 2 is 1.88 bits per heavy atom. The Hall–Kier alpha value is 0.200. The fraction of sp³-hybridized carbons (Fsp3) is 1.00. The van der Waals surface area contributed by atoms with Gasteiger partial charge in [0.2, 0.25) is 9.05 Å². The van der Waals surface area contributed by atoms with E-state index < -0.39 is 9.05 Å². The lowest BCUT2D eigenvalue weighted by Crippen LogP contribution is -2.28. The Kier molecular flexibility index (Phi) is 6.08. The molecule has 1 saturated carbocycles. The minimum absolute atomic E-state index is 0.0869. The molecule has 1 rings (SSSR count). The van der Waals surface area contributed by atoms with E-state index >= 15 is 0 Å². The Morgan fingerprint density at radius 3 is 2.44 bits per heavy atom. The van der Waals surface area contributed by atoms with Crippen LogP contribution in [0.25, 0.3) is 0 Å². The average Bonchev–Trinajstić information content (AvgIpc) is 2.17. The number of hydrogen-bond acceptors (Lipinski definition) is 3. The van der Waals surface area contributed by atoms with Gasteiger partial charge in [-0.15, -0.1) is 0 Å². The highest BCUT2D eigenvalue weighted by molar-refractivity contribution is 8.13. The van der Waals surface area contributed by atoms with Crippen LogP contribution in [0.1, 0.15) is 38.5 Å². The zero-order chi connectivity index (χ0) is 12.0. The third-order valence-corrected chi connectivity index (χ3v) is 4.46. The first-order valence-electron chi connectivity index (χ1n) is 6.08. The molecule has 0 heterocycles. The van der Waals surface area contributed by atoms with Crippen LogP contribution in [-0.4, -0.2) is 39.2 Å². The first kappa shape index (κ1) is 14.3. The summed E-state index contributed by atoms with van der Waals surface area (Å²) in [4.78, 5) is 2.23. The number of halogens is 1. The summed E-state index contributed by atoms with van der Waals surface area (Å²) in [6, 6.07) is 0. The van der Waals surface area contributed by atoms with Gasteiger partial charge in [-0.05, 0) is 38.8 Å². The Labute approximate surface area is 104 Å². The third-order valence-electron chi connectivity index (χ3n) is 3.22. The molecule has 3 nitrogen and oxygen atoms in total. The molecule has 0 N–H and O–H groups in total. The van der Waals surface area contributed by atoms with Gasteiger partial charge in [0.25, 0.3) is 0 Å². The van der Waals surface area contributed by atoms with Crippen molar-refractivity contribution in [3.05, 3.63) is 0 Å². The van der Waals surface area contributed by atoms with E-state index in [1.165, 1.54) is 32.1 Å². The molecule has 0 radical (unpaired) electrons. The van der Waals surface area contributed by atoms with E-state index in [0.717, 1.165) is 19.0 Å². The minimum Gasteiger partial charge on any atom is -0.306 e. The van der Waals surface area contributed by atoms with Crippen LogP contribution in [0.4, 0.5) is 0 Å². The van der Waals surface area contributed by atoms with Crippen LogP contribution in [0.5, 0.6) is 0 Å². The van der Waals surface area contributed by atoms with Gasteiger partial charge in [-0.25, -0.2) is 8.42 Å². The van der Waals surface area contributed by atoms with E-state index in [2.05, 4.69) is 11.9 Å². The summed E-state index contributed by atoms with van der Waals surface area (Å²) in [5.41, 5.74) is 0. The second-order valence-corrected chi connectivity index (χ2v) is 7.76. The fourth-order valence-corrected chi connectivity index (χ4v) is 3.21. The summed E-state index contributed by atoms with van der Waals surface area (Å²) in [7, 11) is 3.92. The second-order valence-electron chi connectivity index (χ2n) is 4.86. The molecule has 0 unspecified atom stereocenters. The topological polar surface area (TPSA) is 37.4 Å². The molecule has 1 aliphatic carbocycles. The Bertz CT molecular complexity index is 286. The van der Waals surface area contributed by atoms with E-state index in [9.17, 15) is 8.42 Å². The van der Waals surface area contributed by atoms with Crippen molar-refractivity contribution in [1.29, 1.82) is 0 Å². The van der Waals surface area contributed by atoms with Gasteiger partial charge in [0, 0.05) is 17.2 Å². The zero-order valence-electron chi connectivity index (χ0n) is 9.99. The molecule has 0 bridgehead atoms. The van der Waals surface area contributed by atoms with Crippen molar-refractivity contribution in [3.8, 4) is 0 Å². The molecule has 1 fully saturated rings. The van der Waals surface area contributed by atoms with Crippen LogP contribution in [0.2, 0.25) is 0 Å². The van der Waals surface area contributed by atoms with Crippen molar-refractivity contribution in [2.45, 2.75) is 38.5 Å². The minimum atomic E-state index is -3.31. The van der Waals surface area contributed by atoms with E-state index in [1.54, 1.807) is 0 Å². The van der Waals surface area contributed by atoms with Crippen molar-refractivity contribution in [2.75, 3.05) is 25.9 Å². The summed E-state index contributed by atoms with van der Waals surface area (Å²) in [6.45, 7) is 1.92. The van der Waals surface area contributed by atoms with E-state index in [0.29, 0.717) is 6.42 Å². The van der Waals surface area contributed by atoms with Crippen LogP contribution >= 0.6 is 10.7 Å². The first-order valence-corrected chi connectivity index (χ1v) is 8.56. The maximum atomic E-state index is 10.7. The molecule has 0 aliphatic heterocycles. The Balaban J connectivity index is 2.12. The summed E-state index contributed by atoms with van der Waals surface area (Å²) in [5, 5.41) is 0. The van der Waals surface area contributed by atoms with Gasteiger partial charge in [-0.2, -0.15) is 0 Å². The standard InChI is InChI=1S/C11H22ClNO2S/c1-13(8-5-9-16(12,14)15)10-11-6-3-2-4-7-11/h11H,2-10H2,1H3. The largest absolute Gasteiger partial charge is 0.306 e. The highest BCUT2D eigenvalue weighted by atomic mass is 35.7. The monoisotopic (exact) mass is 267 g/mol. The first-order chi connectivity index (χ1) is 7.47. The second kappa shape index (κ2) is 6.82. The third kappa shape index (κ3) is 6.71. The van der Waals surface area contributed by atoms with Gasteiger partial charge >= 0.3 is 0 Å². The molecule has 96 valence electrons. The SMILES string of the molecule is CN(CCCS(=O)(=O)Cl)CC1CCCCC1. The molecule has 0 spiro atoms. The van der Waals surface area contributed by atoms with Crippen LogP contribution in [0, 0.1) is 5.92 Å². The van der Waals surface area contributed by atoms with Crippen molar-refractivity contribution in [2.24, 2.45) is 5.92 Å². The normalized spacial score (nSPS) is 19.2. The summed E-state index contributed by atoms with van der Waals surface area (Å²) in [5.74, 6) is 0.898. The molecule has 0 amide bonds. The molecular formula is C11H22ClNO2S. The lowest BCUT2D eigenvalue weighted by atomic mass is 9.89. The maximum absolute atomic E-state index is 10.7. The Morgan fingerprint density at radius 1 is 1.25 bits per heavy atom. The maximum Gasteiger partial charge on any atom is 0.232 e. The molecule has 1 aliphatic rings. The van der Waals surface area contributed by atoms with Gasteiger partial charge < -0.3 is 4.90 Å². The molecule has 5 heteroatoms. The van der Waals surface area contributed by atoms with Crippen LogP contribution in [0.3, 0.4) is 0 Å².